The van der Waals surface area contributed by atoms with Crippen LogP contribution in [0.25, 0.3) is 0 Å². The summed E-state index contributed by atoms with van der Waals surface area (Å²) in [7, 11) is 0. The average Bonchev–Trinajstić information content (AvgIpc) is 2.77. The minimum atomic E-state index is 0.340. The normalized spacial score (nSPS) is 24.7. The molecule has 3 unspecified atom stereocenters. The third-order valence-electron chi connectivity index (χ3n) is 4.17. The predicted octanol–water partition coefficient (Wildman–Crippen LogP) is 4.14. The summed E-state index contributed by atoms with van der Waals surface area (Å²) in [6.07, 6.45) is 1.49. The molecule has 1 aliphatic rings. The fourth-order valence-corrected chi connectivity index (χ4v) is 3.49. The molecule has 1 aromatic rings. The molecular formula is C16H24BrNO. The summed E-state index contributed by atoms with van der Waals surface area (Å²) in [4.78, 5) is 0. The fraction of sp³-hybridized carbons (Fsp3) is 0.625. The fourth-order valence-electron chi connectivity index (χ4n) is 3.04. The quantitative estimate of drug-likeness (QED) is 0.898. The third-order valence-corrected chi connectivity index (χ3v) is 5.02. The van der Waals surface area contributed by atoms with Crippen molar-refractivity contribution in [2.75, 3.05) is 13.2 Å². The van der Waals surface area contributed by atoms with Gasteiger partial charge < -0.3 is 10.1 Å². The van der Waals surface area contributed by atoms with Crippen LogP contribution in [0.5, 0.6) is 0 Å². The molecule has 1 aromatic carbocycles. The first kappa shape index (κ1) is 15.0. The van der Waals surface area contributed by atoms with Gasteiger partial charge in [-0.2, -0.15) is 0 Å². The van der Waals surface area contributed by atoms with Gasteiger partial charge in [0.15, 0.2) is 0 Å². The topological polar surface area (TPSA) is 21.3 Å². The molecule has 1 saturated heterocycles. The molecule has 1 aliphatic heterocycles. The smallest absolute Gasteiger partial charge is 0.0594 e. The minimum absolute atomic E-state index is 0.340. The van der Waals surface area contributed by atoms with Crippen LogP contribution >= 0.6 is 15.9 Å². The first-order valence-corrected chi connectivity index (χ1v) is 7.95. The van der Waals surface area contributed by atoms with Crippen LogP contribution in [0, 0.1) is 19.8 Å². The standard InChI is InChI=1S/C16H24BrNO/c1-5-18-16(13-6-7-19-12(13)4)14-8-11(3)15(17)9-10(14)2/h8-9,12-13,16,18H,5-7H2,1-4H3. The number of ether oxygens (including phenoxy) is 1. The largest absolute Gasteiger partial charge is 0.378 e. The van der Waals surface area contributed by atoms with Crippen LogP contribution in [0.2, 0.25) is 0 Å². The summed E-state index contributed by atoms with van der Waals surface area (Å²) in [6, 6.07) is 4.95. The molecule has 2 nitrogen and oxygen atoms in total. The number of halogens is 1. The Balaban J connectivity index is 2.35. The molecule has 0 radical (unpaired) electrons. The highest BCUT2D eigenvalue weighted by molar-refractivity contribution is 9.10. The van der Waals surface area contributed by atoms with Gasteiger partial charge in [-0.3, -0.25) is 0 Å². The van der Waals surface area contributed by atoms with Crippen molar-refractivity contribution in [1.82, 2.24) is 5.32 Å². The summed E-state index contributed by atoms with van der Waals surface area (Å²) in [5, 5.41) is 3.66. The molecule has 0 spiro atoms. The molecule has 19 heavy (non-hydrogen) atoms. The van der Waals surface area contributed by atoms with Gasteiger partial charge in [0.05, 0.1) is 6.10 Å². The van der Waals surface area contributed by atoms with Crippen LogP contribution < -0.4 is 5.32 Å². The molecule has 0 aliphatic carbocycles. The number of hydrogen-bond donors (Lipinski definition) is 1. The third kappa shape index (κ3) is 3.21. The summed E-state index contributed by atoms with van der Waals surface area (Å²) in [5.41, 5.74) is 4.07. The van der Waals surface area contributed by atoms with E-state index in [2.05, 4.69) is 61.1 Å². The number of benzene rings is 1. The monoisotopic (exact) mass is 325 g/mol. The van der Waals surface area contributed by atoms with Crippen LogP contribution in [0.1, 0.15) is 43.0 Å². The molecule has 1 fully saturated rings. The minimum Gasteiger partial charge on any atom is -0.378 e. The van der Waals surface area contributed by atoms with Crippen molar-refractivity contribution in [3.8, 4) is 0 Å². The second kappa shape index (κ2) is 6.38. The zero-order chi connectivity index (χ0) is 14.0. The lowest BCUT2D eigenvalue weighted by molar-refractivity contribution is 0.0955. The van der Waals surface area contributed by atoms with E-state index < -0.39 is 0 Å². The van der Waals surface area contributed by atoms with Gasteiger partial charge in [0.2, 0.25) is 0 Å². The van der Waals surface area contributed by atoms with E-state index in [0.717, 1.165) is 19.6 Å². The maximum atomic E-state index is 5.76. The van der Waals surface area contributed by atoms with Crippen molar-refractivity contribution in [1.29, 1.82) is 0 Å². The van der Waals surface area contributed by atoms with E-state index in [0.29, 0.717) is 18.1 Å². The van der Waals surface area contributed by atoms with Crippen molar-refractivity contribution >= 4 is 15.9 Å². The van der Waals surface area contributed by atoms with E-state index in [1.54, 1.807) is 0 Å². The zero-order valence-electron chi connectivity index (χ0n) is 12.3. The molecule has 2 rings (SSSR count). The van der Waals surface area contributed by atoms with Gasteiger partial charge >= 0.3 is 0 Å². The lowest BCUT2D eigenvalue weighted by Crippen LogP contribution is -2.32. The SMILES string of the molecule is CCNC(c1cc(C)c(Br)cc1C)C1CCOC1C. The summed E-state index contributed by atoms with van der Waals surface area (Å²) < 4.78 is 6.95. The number of hydrogen-bond acceptors (Lipinski definition) is 2. The summed E-state index contributed by atoms with van der Waals surface area (Å²) in [6.45, 7) is 10.6. The second-order valence-electron chi connectivity index (χ2n) is 5.52. The lowest BCUT2D eigenvalue weighted by atomic mass is 9.85. The van der Waals surface area contributed by atoms with Gasteiger partial charge in [0.25, 0.3) is 0 Å². The van der Waals surface area contributed by atoms with E-state index in [1.807, 2.05) is 0 Å². The van der Waals surface area contributed by atoms with Gasteiger partial charge in [-0.15, -0.1) is 0 Å². The molecular weight excluding hydrogens is 302 g/mol. The van der Waals surface area contributed by atoms with E-state index in [9.17, 15) is 0 Å². The molecule has 0 aromatic heterocycles. The maximum absolute atomic E-state index is 5.76. The van der Waals surface area contributed by atoms with E-state index in [1.165, 1.54) is 21.2 Å². The van der Waals surface area contributed by atoms with Crippen LogP contribution in [-0.4, -0.2) is 19.3 Å². The Morgan fingerprint density at radius 3 is 2.68 bits per heavy atom. The predicted molar refractivity (Wildman–Crippen MR) is 83.6 cm³/mol. The Morgan fingerprint density at radius 1 is 1.37 bits per heavy atom. The Labute approximate surface area is 125 Å². The molecule has 3 heteroatoms. The van der Waals surface area contributed by atoms with Crippen molar-refractivity contribution in [3.63, 3.8) is 0 Å². The van der Waals surface area contributed by atoms with Gasteiger partial charge in [0, 0.05) is 23.0 Å². The number of aryl methyl sites for hydroxylation is 2. The molecule has 106 valence electrons. The molecule has 3 atom stereocenters. The van der Waals surface area contributed by atoms with Crippen molar-refractivity contribution in [2.24, 2.45) is 5.92 Å². The maximum Gasteiger partial charge on any atom is 0.0594 e. The van der Waals surface area contributed by atoms with E-state index in [-0.39, 0.29) is 0 Å². The first-order chi connectivity index (χ1) is 9.04. The first-order valence-electron chi connectivity index (χ1n) is 7.16. The molecule has 1 N–H and O–H groups in total. The van der Waals surface area contributed by atoms with Gasteiger partial charge in [-0.25, -0.2) is 0 Å². The second-order valence-corrected chi connectivity index (χ2v) is 6.38. The number of nitrogens with one attached hydrogen (secondary N) is 1. The molecule has 0 bridgehead atoms. The zero-order valence-corrected chi connectivity index (χ0v) is 13.9. The Morgan fingerprint density at radius 2 is 2.11 bits per heavy atom. The van der Waals surface area contributed by atoms with Gasteiger partial charge in [-0.1, -0.05) is 28.9 Å². The Bertz CT molecular complexity index is 447. The van der Waals surface area contributed by atoms with Crippen LogP contribution in [0.15, 0.2) is 16.6 Å². The van der Waals surface area contributed by atoms with Crippen molar-refractivity contribution in [2.45, 2.75) is 46.3 Å². The lowest BCUT2D eigenvalue weighted by Gasteiger charge is -2.29. The highest BCUT2D eigenvalue weighted by Crippen LogP contribution is 2.36. The summed E-state index contributed by atoms with van der Waals surface area (Å²) >= 11 is 3.62. The van der Waals surface area contributed by atoms with E-state index >= 15 is 0 Å². The number of rotatable bonds is 4. The highest BCUT2D eigenvalue weighted by atomic mass is 79.9. The highest BCUT2D eigenvalue weighted by Gasteiger charge is 2.33. The van der Waals surface area contributed by atoms with E-state index in [4.69, 9.17) is 4.74 Å². The Hall–Kier alpha value is -0.380. The van der Waals surface area contributed by atoms with Crippen LogP contribution in [0.3, 0.4) is 0 Å². The van der Waals surface area contributed by atoms with Gasteiger partial charge in [-0.05, 0) is 56.5 Å². The van der Waals surface area contributed by atoms with Crippen LogP contribution in [0.4, 0.5) is 0 Å². The molecule has 1 heterocycles. The van der Waals surface area contributed by atoms with Gasteiger partial charge in [0.1, 0.15) is 0 Å². The average molecular weight is 326 g/mol. The molecule has 0 amide bonds. The molecule has 0 saturated carbocycles. The van der Waals surface area contributed by atoms with Crippen molar-refractivity contribution < 1.29 is 4.74 Å². The van der Waals surface area contributed by atoms with Crippen LogP contribution in [-0.2, 0) is 4.74 Å². The van der Waals surface area contributed by atoms with Crippen molar-refractivity contribution in [3.05, 3.63) is 33.3 Å². The Kier molecular flexibility index (Phi) is 5.04. The summed E-state index contributed by atoms with van der Waals surface area (Å²) in [5.74, 6) is 0.569.